The molecule has 0 aliphatic heterocycles. The van der Waals surface area contributed by atoms with Crippen molar-refractivity contribution < 1.29 is 4.74 Å². The highest BCUT2D eigenvalue weighted by Gasteiger charge is 2.10. The van der Waals surface area contributed by atoms with E-state index in [0.29, 0.717) is 0 Å². The first-order chi connectivity index (χ1) is 6.65. The Balaban J connectivity index is 2.94. The average Bonchev–Trinajstić information content (AvgIpc) is 2.44. The Morgan fingerprint density at radius 1 is 1.36 bits per heavy atom. The smallest absolute Gasteiger partial charge is 0.143 e. The molecular formula is C11H14N2O. The van der Waals surface area contributed by atoms with Gasteiger partial charge in [0.1, 0.15) is 5.75 Å². The fourth-order valence-electron chi connectivity index (χ4n) is 1.89. The molecule has 2 N–H and O–H groups in total. The number of fused-ring (bicyclic) bond motifs is 1. The summed E-state index contributed by atoms with van der Waals surface area (Å²) in [4.78, 5) is 0. The Hall–Kier alpha value is -1.64. The first-order valence-corrected chi connectivity index (χ1v) is 4.53. The number of nitrogens with zero attached hydrogens (tertiary/aromatic N) is 1. The third kappa shape index (κ3) is 1.05. The summed E-state index contributed by atoms with van der Waals surface area (Å²) >= 11 is 0. The molecule has 14 heavy (non-hydrogen) atoms. The maximum absolute atomic E-state index is 5.93. The minimum absolute atomic E-state index is 0.805. The van der Waals surface area contributed by atoms with Crippen LogP contribution in [0.2, 0.25) is 0 Å². The summed E-state index contributed by atoms with van der Waals surface area (Å²) in [5.41, 5.74) is 8.97. The lowest BCUT2D eigenvalue weighted by molar-refractivity contribution is 0.418. The molecule has 0 aliphatic carbocycles. The maximum Gasteiger partial charge on any atom is 0.143 e. The number of methoxy groups -OCH3 is 1. The van der Waals surface area contributed by atoms with E-state index in [1.807, 2.05) is 29.9 Å². The molecule has 1 aromatic heterocycles. The largest absolute Gasteiger partial charge is 0.495 e. The van der Waals surface area contributed by atoms with Gasteiger partial charge in [0, 0.05) is 18.6 Å². The summed E-state index contributed by atoms with van der Waals surface area (Å²) < 4.78 is 7.30. The van der Waals surface area contributed by atoms with Crippen LogP contribution in [0.25, 0.3) is 10.9 Å². The number of anilines is 1. The van der Waals surface area contributed by atoms with Crippen molar-refractivity contribution in [3.8, 4) is 5.75 Å². The highest BCUT2D eigenvalue weighted by Crippen LogP contribution is 2.32. The minimum Gasteiger partial charge on any atom is -0.495 e. The Bertz CT molecular complexity index is 485. The molecule has 0 aliphatic rings. The van der Waals surface area contributed by atoms with Crippen LogP contribution in [0.1, 0.15) is 5.56 Å². The molecule has 0 saturated heterocycles. The van der Waals surface area contributed by atoms with Gasteiger partial charge in [-0.2, -0.15) is 0 Å². The third-order valence-electron chi connectivity index (χ3n) is 2.54. The number of nitrogens with two attached hydrogens (primary N) is 1. The highest BCUT2D eigenvalue weighted by atomic mass is 16.5. The second kappa shape index (κ2) is 2.94. The first-order valence-electron chi connectivity index (χ1n) is 4.53. The summed E-state index contributed by atoms with van der Waals surface area (Å²) in [6.07, 6.45) is 1.92. The van der Waals surface area contributed by atoms with Crippen molar-refractivity contribution in [2.24, 2.45) is 7.05 Å². The molecule has 0 radical (unpaired) electrons. The summed E-state index contributed by atoms with van der Waals surface area (Å²) in [6, 6.07) is 3.99. The van der Waals surface area contributed by atoms with E-state index in [9.17, 15) is 0 Å². The van der Waals surface area contributed by atoms with E-state index in [1.165, 1.54) is 5.56 Å². The lowest BCUT2D eigenvalue weighted by atomic mass is 10.1. The van der Waals surface area contributed by atoms with E-state index < -0.39 is 0 Å². The molecule has 3 heteroatoms. The number of ether oxygens (including phenoxy) is 1. The van der Waals surface area contributed by atoms with E-state index in [-0.39, 0.29) is 0 Å². The van der Waals surface area contributed by atoms with Gasteiger partial charge in [-0.05, 0) is 18.6 Å². The molecular weight excluding hydrogens is 176 g/mol. The Labute approximate surface area is 83.1 Å². The van der Waals surface area contributed by atoms with Crippen LogP contribution >= 0.6 is 0 Å². The van der Waals surface area contributed by atoms with Crippen LogP contribution in [-0.4, -0.2) is 11.7 Å². The van der Waals surface area contributed by atoms with E-state index in [0.717, 1.165) is 22.3 Å². The summed E-state index contributed by atoms with van der Waals surface area (Å²) in [5.74, 6) is 0.866. The van der Waals surface area contributed by atoms with Crippen molar-refractivity contribution in [1.29, 1.82) is 0 Å². The second-order valence-electron chi connectivity index (χ2n) is 3.50. The van der Waals surface area contributed by atoms with Crippen molar-refractivity contribution in [3.05, 3.63) is 23.9 Å². The number of rotatable bonds is 1. The van der Waals surface area contributed by atoms with Gasteiger partial charge in [-0.25, -0.2) is 0 Å². The van der Waals surface area contributed by atoms with Crippen LogP contribution in [0.3, 0.4) is 0 Å². The number of hydrogen-bond acceptors (Lipinski definition) is 2. The normalized spacial score (nSPS) is 10.8. The molecule has 1 heterocycles. The Kier molecular flexibility index (Phi) is 1.88. The standard InChI is InChI=1S/C11H14N2O/c1-7-4-5-9(14-3)11-10(7)8(12)6-13(11)2/h4-6H,12H2,1-3H3. The predicted molar refractivity (Wildman–Crippen MR) is 58.6 cm³/mol. The van der Waals surface area contributed by atoms with Gasteiger partial charge in [-0.15, -0.1) is 0 Å². The summed E-state index contributed by atoms with van der Waals surface area (Å²) in [6.45, 7) is 2.05. The molecule has 2 rings (SSSR count). The Morgan fingerprint density at radius 2 is 2.07 bits per heavy atom. The molecule has 0 spiro atoms. The van der Waals surface area contributed by atoms with E-state index in [1.54, 1.807) is 7.11 Å². The molecule has 1 aromatic carbocycles. The van der Waals surface area contributed by atoms with E-state index >= 15 is 0 Å². The molecule has 2 aromatic rings. The predicted octanol–water partition coefficient (Wildman–Crippen LogP) is 2.08. The van der Waals surface area contributed by atoms with Gasteiger partial charge in [0.05, 0.1) is 18.3 Å². The lowest BCUT2D eigenvalue weighted by Crippen LogP contribution is -1.91. The fraction of sp³-hybridized carbons (Fsp3) is 0.273. The number of benzene rings is 1. The highest BCUT2D eigenvalue weighted by molar-refractivity contribution is 5.98. The zero-order chi connectivity index (χ0) is 10.3. The summed E-state index contributed by atoms with van der Waals surface area (Å²) in [5, 5.41) is 1.09. The quantitative estimate of drug-likeness (QED) is 0.747. The molecule has 0 unspecified atom stereocenters. The topological polar surface area (TPSA) is 40.2 Å². The van der Waals surface area contributed by atoms with Crippen molar-refractivity contribution in [1.82, 2.24) is 4.57 Å². The van der Waals surface area contributed by atoms with Gasteiger partial charge in [0.25, 0.3) is 0 Å². The first kappa shape index (κ1) is 8.94. The zero-order valence-corrected chi connectivity index (χ0v) is 8.66. The lowest BCUT2D eigenvalue weighted by Gasteiger charge is -2.06. The SMILES string of the molecule is COc1ccc(C)c2c(N)cn(C)c12. The molecule has 74 valence electrons. The van der Waals surface area contributed by atoms with E-state index in [4.69, 9.17) is 10.5 Å². The van der Waals surface area contributed by atoms with E-state index in [2.05, 4.69) is 6.92 Å². The number of aryl methyl sites for hydroxylation is 2. The van der Waals surface area contributed by atoms with Crippen molar-refractivity contribution >= 4 is 16.6 Å². The molecule has 0 amide bonds. The maximum atomic E-state index is 5.93. The fourth-order valence-corrected chi connectivity index (χ4v) is 1.89. The number of nitrogen functional groups attached to an aromatic ring is 1. The van der Waals surface area contributed by atoms with Crippen molar-refractivity contribution in [3.63, 3.8) is 0 Å². The van der Waals surface area contributed by atoms with Gasteiger partial charge in [0.2, 0.25) is 0 Å². The molecule has 3 nitrogen and oxygen atoms in total. The van der Waals surface area contributed by atoms with Crippen LogP contribution < -0.4 is 10.5 Å². The average molecular weight is 190 g/mol. The van der Waals surface area contributed by atoms with Crippen LogP contribution in [-0.2, 0) is 7.05 Å². The summed E-state index contributed by atoms with van der Waals surface area (Å²) in [7, 11) is 3.65. The van der Waals surface area contributed by atoms with Gasteiger partial charge >= 0.3 is 0 Å². The number of aromatic nitrogens is 1. The van der Waals surface area contributed by atoms with Crippen LogP contribution in [0, 0.1) is 6.92 Å². The van der Waals surface area contributed by atoms with Crippen LogP contribution in [0.5, 0.6) is 5.75 Å². The second-order valence-corrected chi connectivity index (χ2v) is 3.50. The molecule has 0 fully saturated rings. The number of hydrogen-bond donors (Lipinski definition) is 1. The third-order valence-corrected chi connectivity index (χ3v) is 2.54. The minimum atomic E-state index is 0.805. The van der Waals surface area contributed by atoms with Crippen LogP contribution in [0.4, 0.5) is 5.69 Å². The monoisotopic (exact) mass is 190 g/mol. The van der Waals surface area contributed by atoms with Gasteiger partial charge < -0.3 is 15.0 Å². The Morgan fingerprint density at radius 3 is 2.71 bits per heavy atom. The molecule has 0 saturated carbocycles. The van der Waals surface area contributed by atoms with Gasteiger partial charge in [-0.3, -0.25) is 0 Å². The van der Waals surface area contributed by atoms with Crippen molar-refractivity contribution in [2.75, 3.05) is 12.8 Å². The molecule has 0 atom stereocenters. The van der Waals surface area contributed by atoms with Crippen molar-refractivity contribution in [2.45, 2.75) is 6.92 Å². The zero-order valence-electron chi connectivity index (χ0n) is 8.66. The van der Waals surface area contributed by atoms with Gasteiger partial charge in [0.15, 0.2) is 0 Å². The van der Waals surface area contributed by atoms with Gasteiger partial charge in [-0.1, -0.05) is 6.07 Å². The molecule has 0 bridgehead atoms. The van der Waals surface area contributed by atoms with Crippen LogP contribution in [0.15, 0.2) is 18.3 Å².